The van der Waals surface area contributed by atoms with Gasteiger partial charge in [0.05, 0.1) is 0 Å². The van der Waals surface area contributed by atoms with Gasteiger partial charge in [-0.05, 0) is 92.8 Å². The van der Waals surface area contributed by atoms with E-state index in [1.165, 1.54) is 0 Å². The van der Waals surface area contributed by atoms with E-state index in [9.17, 15) is 23.8 Å². The monoisotopic (exact) mass is 370 g/mol. The van der Waals surface area contributed by atoms with E-state index >= 15 is 0 Å². The maximum atomic E-state index is 13.3. The number of hydrogen-bond acceptors (Lipinski definition) is 3. The first-order valence-electron chi connectivity index (χ1n) is 10.4. The van der Waals surface area contributed by atoms with E-state index < -0.39 is 12.0 Å². The highest BCUT2D eigenvalue weighted by atomic mass is 19.3. The molecule has 0 radical (unpaired) electrons. The molecule has 0 aliphatic heterocycles. The summed E-state index contributed by atoms with van der Waals surface area (Å²) < 4.78 is 26.5. The van der Waals surface area contributed by atoms with Crippen molar-refractivity contribution < 1.29 is 23.8 Å². The standard InChI is InChI=1S/C21H32F2O3/c1-20-8-6-14-13-7-9-21(26,19(22)23)10-12(13)2-3-15(14)16(20)4-5-17(20)18(25)11-24/h12-17,19,24,26H,2-11H2,1H3/t12-,13-,14+,15+,16-,17+,20-,21-/m0/s1. The largest absolute Gasteiger partial charge is 0.389 e. The number of halogens is 2. The highest BCUT2D eigenvalue weighted by molar-refractivity contribution is 5.83. The maximum absolute atomic E-state index is 13.3. The van der Waals surface area contributed by atoms with Gasteiger partial charge in [0.25, 0.3) is 6.43 Å². The van der Waals surface area contributed by atoms with Crippen molar-refractivity contribution in [2.24, 2.45) is 40.9 Å². The zero-order valence-electron chi connectivity index (χ0n) is 15.7. The van der Waals surface area contributed by atoms with Gasteiger partial charge in [0.2, 0.25) is 0 Å². The molecule has 8 atom stereocenters. The van der Waals surface area contributed by atoms with Crippen LogP contribution in [0.3, 0.4) is 0 Å². The molecule has 4 saturated carbocycles. The van der Waals surface area contributed by atoms with Crippen LogP contribution in [0, 0.1) is 40.9 Å². The fourth-order valence-corrected chi connectivity index (χ4v) is 7.75. The molecule has 5 heteroatoms. The lowest BCUT2D eigenvalue weighted by Crippen LogP contribution is -2.53. The van der Waals surface area contributed by atoms with Crippen LogP contribution in [0.25, 0.3) is 0 Å². The van der Waals surface area contributed by atoms with Crippen molar-refractivity contribution in [2.75, 3.05) is 6.61 Å². The van der Waals surface area contributed by atoms with Gasteiger partial charge in [-0.2, -0.15) is 0 Å². The van der Waals surface area contributed by atoms with Crippen LogP contribution in [-0.4, -0.2) is 34.6 Å². The van der Waals surface area contributed by atoms with Gasteiger partial charge in [0, 0.05) is 5.92 Å². The van der Waals surface area contributed by atoms with Gasteiger partial charge in [-0.3, -0.25) is 4.79 Å². The number of alkyl halides is 2. The lowest BCUT2D eigenvalue weighted by atomic mass is 9.49. The Morgan fingerprint density at radius 3 is 2.46 bits per heavy atom. The summed E-state index contributed by atoms with van der Waals surface area (Å²) in [7, 11) is 0. The van der Waals surface area contributed by atoms with Gasteiger partial charge in [0.15, 0.2) is 5.78 Å². The summed E-state index contributed by atoms with van der Waals surface area (Å²) in [5.41, 5.74) is -1.77. The van der Waals surface area contributed by atoms with Crippen molar-refractivity contribution in [2.45, 2.75) is 76.7 Å². The van der Waals surface area contributed by atoms with Crippen LogP contribution in [0.1, 0.15) is 64.7 Å². The molecule has 0 saturated heterocycles. The Balaban J connectivity index is 1.52. The molecular weight excluding hydrogens is 338 g/mol. The number of rotatable bonds is 3. The number of carbonyl (C=O) groups excluding carboxylic acids is 1. The molecule has 4 rings (SSSR count). The molecular formula is C21H32F2O3. The Morgan fingerprint density at radius 2 is 1.77 bits per heavy atom. The van der Waals surface area contributed by atoms with Gasteiger partial charge in [-0.15, -0.1) is 0 Å². The van der Waals surface area contributed by atoms with Gasteiger partial charge >= 0.3 is 0 Å². The number of aliphatic hydroxyl groups excluding tert-OH is 1. The third-order valence-electron chi connectivity index (χ3n) is 9.00. The first-order chi connectivity index (χ1) is 12.3. The summed E-state index contributed by atoms with van der Waals surface area (Å²) in [5.74, 6) is 2.36. The third kappa shape index (κ3) is 2.68. The molecule has 4 aliphatic rings. The summed E-state index contributed by atoms with van der Waals surface area (Å²) in [4.78, 5) is 12.2. The predicted molar refractivity (Wildman–Crippen MR) is 93.6 cm³/mol. The van der Waals surface area contributed by atoms with Crippen LogP contribution >= 0.6 is 0 Å². The van der Waals surface area contributed by atoms with Crippen LogP contribution in [0.15, 0.2) is 0 Å². The number of ketones is 1. The van der Waals surface area contributed by atoms with Crippen molar-refractivity contribution in [3.8, 4) is 0 Å². The average molecular weight is 370 g/mol. The molecule has 4 aliphatic carbocycles. The average Bonchev–Trinajstić information content (AvgIpc) is 2.97. The summed E-state index contributed by atoms with van der Waals surface area (Å²) >= 11 is 0. The minimum absolute atomic E-state index is 0.00167. The molecule has 0 amide bonds. The first-order valence-corrected chi connectivity index (χ1v) is 10.4. The van der Waals surface area contributed by atoms with Crippen molar-refractivity contribution in [3.05, 3.63) is 0 Å². The molecule has 0 aromatic rings. The van der Waals surface area contributed by atoms with Gasteiger partial charge in [-0.25, -0.2) is 8.78 Å². The number of Topliss-reactive ketones (excluding diaryl/α,β-unsaturated/α-hetero) is 1. The fraction of sp³-hybridized carbons (Fsp3) is 0.952. The summed E-state index contributed by atoms with van der Waals surface area (Å²) in [6.07, 6.45) is 4.58. The van der Waals surface area contributed by atoms with Gasteiger partial charge in [0.1, 0.15) is 12.2 Å². The van der Waals surface area contributed by atoms with Crippen LogP contribution < -0.4 is 0 Å². The van der Waals surface area contributed by atoms with Crippen LogP contribution in [0.2, 0.25) is 0 Å². The quantitative estimate of drug-likeness (QED) is 0.794. The Kier molecular flexibility index (Phi) is 4.71. The molecule has 0 unspecified atom stereocenters. The molecule has 0 bridgehead atoms. The van der Waals surface area contributed by atoms with Crippen molar-refractivity contribution >= 4 is 5.78 Å². The van der Waals surface area contributed by atoms with Gasteiger partial charge < -0.3 is 10.2 Å². The molecule has 4 fully saturated rings. The fourth-order valence-electron chi connectivity index (χ4n) is 7.75. The SMILES string of the molecule is C[C@]12CC[C@H]3[C@@H](CC[C@H]4C[C@](O)(C(F)F)CC[C@@H]43)[C@@H]1CC[C@@H]2C(=O)CO. The molecule has 26 heavy (non-hydrogen) atoms. The second-order valence-electron chi connectivity index (χ2n) is 9.88. The summed E-state index contributed by atoms with van der Waals surface area (Å²) in [5, 5.41) is 19.6. The first kappa shape index (κ1) is 18.8. The van der Waals surface area contributed by atoms with E-state index in [0.717, 1.165) is 44.9 Å². The zero-order valence-corrected chi connectivity index (χ0v) is 15.7. The Morgan fingerprint density at radius 1 is 1.04 bits per heavy atom. The van der Waals surface area contributed by atoms with Crippen LogP contribution in [0.4, 0.5) is 8.78 Å². The van der Waals surface area contributed by atoms with Crippen molar-refractivity contribution in [1.29, 1.82) is 0 Å². The number of carbonyl (C=O) groups is 1. The number of hydrogen-bond donors (Lipinski definition) is 2. The second-order valence-corrected chi connectivity index (χ2v) is 9.88. The third-order valence-corrected chi connectivity index (χ3v) is 9.00. The van der Waals surface area contributed by atoms with E-state index in [0.29, 0.717) is 23.7 Å². The molecule has 148 valence electrons. The van der Waals surface area contributed by atoms with Crippen molar-refractivity contribution in [3.63, 3.8) is 0 Å². The zero-order chi connectivity index (χ0) is 18.7. The highest BCUT2D eigenvalue weighted by Crippen LogP contribution is 2.64. The van der Waals surface area contributed by atoms with E-state index in [1.54, 1.807) is 0 Å². The summed E-state index contributed by atoms with van der Waals surface area (Å²) in [6.45, 7) is 1.90. The topological polar surface area (TPSA) is 57.5 Å². The van der Waals surface area contributed by atoms with Crippen molar-refractivity contribution in [1.82, 2.24) is 0 Å². The highest BCUT2D eigenvalue weighted by Gasteiger charge is 2.59. The van der Waals surface area contributed by atoms with E-state index in [-0.39, 0.29) is 42.5 Å². The molecule has 2 N–H and O–H groups in total. The Hall–Kier alpha value is -0.550. The minimum atomic E-state index is -2.64. The lowest BCUT2D eigenvalue weighted by molar-refractivity contribution is -0.160. The summed E-state index contributed by atoms with van der Waals surface area (Å²) in [6, 6.07) is 0. The molecule has 0 heterocycles. The van der Waals surface area contributed by atoms with E-state index in [4.69, 9.17) is 0 Å². The van der Waals surface area contributed by atoms with E-state index in [1.807, 2.05) is 0 Å². The smallest absolute Gasteiger partial charge is 0.266 e. The lowest BCUT2D eigenvalue weighted by Gasteiger charge is -2.57. The molecule has 0 aromatic heterocycles. The van der Waals surface area contributed by atoms with Gasteiger partial charge in [-0.1, -0.05) is 6.92 Å². The normalized spacial score (nSPS) is 50.8. The molecule has 3 nitrogen and oxygen atoms in total. The molecule has 0 spiro atoms. The van der Waals surface area contributed by atoms with Crippen LogP contribution in [0.5, 0.6) is 0 Å². The number of aliphatic hydroxyl groups is 2. The maximum Gasteiger partial charge on any atom is 0.266 e. The van der Waals surface area contributed by atoms with Crippen LogP contribution in [-0.2, 0) is 4.79 Å². The second kappa shape index (κ2) is 6.51. The number of fused-ring (bicyclic) bond motifs is 5. The molecule has 0 aromatic carbocycles. The minimum Gasteiger partial charge on any atom is -0.389 e. The van der Waals surface area contributed by atoms with E-state index in [2.05, 4.69) is 6.92 Å². The Labute approximate surface area is 154 Å². The predicted octanol–water partition coefficient (Wildman–Crippen LogP) is 3.81. The Bertz CT molecular complexity index is 567.